The molecule has 24 heavy (non-hydrogen) atoms. The lowest BCUT2D eigenvalue weighted by molar-refractivity contribution is 0.0601. The van der Waals surface area contributed by atoms with Crippen molar-refractivity contribution in [3.63, 3.8) is 0 Å². The van der Waals surface area contributed by atoms with E-state index in [9.17, 15) is 9.59 Å². The van der Waals surface area contributed by atoms with Crippen molar-refractivity contribution in [2.45, 2.75) is 0 Å². The number of rotatable bonds is 5. The summed E-state index contributed by atoms with van der Waals surface area (Å²) in [4.78, 5) is 24.4. The maximum atomic E-state index is 12.4. The Balaban J connectivity index is 2.43. The van der Waals surface area contributed by atoms with E-state index in [-0.39, 0.29) is 11.3 Å². The summed E-state index contributed by atoms with van der Waals surface area (Å²) in [5.74, 6) is -0.322. The minimum atomic E-state index is -0.614. The van der Waals surface area contributed by atoms with Crippen molar-refractivity contribution in [2.75, 3.05) is 26.6 Å². The molecule has 2 aromatic carbocycles. The highest BCUT2D eigenvalue weighted by Crippen LogP contribution is 2.34. The van der Waals surface area contributed by atoms with Crippen LogP contribution in [-0.2, 0) is 4.74 Å². The Kier molecular flexibility index (Phi) is 5.65. The highest BCUT2D eigenvalue weighted by molar-refractivity contribution is 6.31. The number of hydrogen-bond acceptors (Lipinski definition) is 5. The minimum Gasteiger partial charge on any atom is -0.493 e. The topological polar surface area (TPSA) is 73.9 Å². The lowest BCUT2D eigenvalue weighted by Gasteiger charge is -2.14. The van der Waals surface area contributed by atoms with E-state index in [4.69, 9.17) is 25.8 Å². The molecule has 7 heteroatoms. The van der Waals surface area contributed by atoms with Gasteiger partial charge in [-0.25, -0.2) is 4.79 Å². The molecule has 1 N–H and O–H groups in total. The number of hydrogen-bond donors (Lipinski definition) is 1. The molecule has 0 aliphatic carbocycles. The van der Waals surface area contributed by atoms with Gasteiger partial charge in [0.1, 0.15) is 0 Å². The second kappa shape index (κ2) is 7.70. The number of carbonyl (C=O) groups is 2. The summed E-state index contributed by atoms with van der Waals surface area (Å²) in [5, 5.41) is 3.09. The smallest absolute Gasteiger partial charge is 0.340 e. The second-order valence-corrected chi connectivity index (χ2v) is 5.15. The van der Waals surface area contributed by atoms with Gasteiger partial charge in [0.15, 0.2) is 11.5 Å². The van der Waals surface area contributed by atoms with Gasteiger partial charge in [0.25, 0.3) is 5.91 Å². The second-order valence-electron chi connectivity index (χ2n) is 4.71. The van der Waals surface area contributed by atoms with Gasteiger partial charge in [-0.3, -0.25) is 4.79 Å². The first-order valence-corrected chi connectivity index (χ1v) is 7.29. The first-order chi connectivity index (χ1) is 11.5. The van der Waals surface area contributed by atoms with Crippen LogP contribution in [0.15, 0.2) is 36.4 Å². The number of halogens is 1. The maximum Gasteiger partial charge on any atom is 0.340 e. The van der Waals surface area contributed by atoms with Gasteiger partial charge in [-0.15, -0.1) is 0 Å². The summed E-state index contributed by atoms with van der Waals surface area (Å²) in [7, 11) is 4.16. The van der Waals surface area contributed by atoms with E-state index in [1.807, 2.05) is 0 Å². The maximum absolute atomic E-state index is 12.4. The monoisotopic (exact) mass is 349 g/mol. The average Bonchev–Trinajstić information content (AvgIpc) is 2.60. The highest BCUT2D eigenvalue weighted by Gasteiger charge is 2.19. The van der Waals surface area contributed by atoms with E-state index in [0.717, 1.165) is 0 Å². The number of methoxy groups -OCH3 is 3. The summed E-state index contributed by atoms with van der Waals surface area (Å²) >= 11 is 5.89. The summed E-state index contributed by atoms with van der Waals surface area (Å²) < 4.78 is 15.1. The molecule has 1 amide bonds. The Morgan fingerprint density at radius 2 is 1.67 bits per heavy atom. The van der Waals surface area contributed by atoms with Crippen LogP contribution in [0.1, 0.15) is 20.7 Å². The van der Waals surface area contributed by atoms with Crippen LogP contribution in [0.4, 0.5) is 5.69 Å². The zero-order valence-corrected chi connectivity index (χ0v) is 14.1. The molecule has 2 rings (SSSR count). The zero-order chi connectivity index (χ0) is 17.7. The Hall–Kier alpha value is -2.73. The number of carbonyl (C=O) groups excluding carboxylic acids is 2. The summed E-state index contributed by atoms with van der Waals surface area (Å²) in [5.41, 5.74) is 0.739. The summed E-state index contributed by atoms with van der Waals surface area (Å²) in [6, 6.07) is 9.39. The lowest BCUT2D eigenvalue weighted by atomic mass is 10.1. The van der Waals surface area contributed by atoms with Crippen molar-refractivity contribution in [1.29, 1.82) is 0 Å². The van der Waals surface area contributed by atoms with Gasteiger partial charge in [-0.1, -0.05) is 17.7 Å². The molecule has 0 aromatic heterocycles. The molecule has 0 saturated carbocycles. The third-order valence-corrected chi connectivity index (χ3v) is 3.50. The molecule has 6 nitrogen and oxygen atoms in total. The van der Waals surface area contributed by atoms with Crippen LogP contribution in [0.3, 0.4) is 0 Å². The standard InChI is InChI=1S/C17H16ClNO5/c1-22-14-8-12(17(21)24-3)13(9-15(14)23-2)19-16(20)10-5-4-6-11(18)7-10/h4-9H,1-3H3,(H,19,20). The molecular weight excluding hydrogens is 334 g/mol. The van der Waals surface area contributed by atoms with Gasteiger partial charge >= 0.3 is 5.97 Å². The van der Waals surface area contributed by atoms with Crippen molar-refractivity contribution in [3.8, 4) is 11.5 Å². The van der Waals surface area contributed by atoms with E-state index >= 15 is 0 Å². The van der Waals surface area contributed by atoms with Gasteiger partial charge in [-0.2, -0.15) is 0 Å². The Labute approximate surface area is 144 Å². The predicted molar refractivity (Wildman–Crippen MR) is 90.3 cm³/mol. The number of benzene rings is 2. The fraction of sp³-hybridized carbons (Fsp3) is 0.176. The van der Waals surface area contributed by atoms with Crippen LogP contribution >= 0.6 is 11.6 Å². The quantitative estimate of drug-likeness (QED) is 0.837. The summed E-state index contributed by atoms with van der Waals surface area (Å²) in [6.45, 7) is 0. The van der Waals surface area contributed by atoms with Crippen LogP contribution in [-0.4, -0.2) is 33.2 Å². The van der Waals surface area contributed by atoms with E-state index in [1.165, 1.54) is 39.5 Å². The van der Waals surface area contributed by atoms with Crippen molar-refractivity contribution in [1.82, 2.24) is 0 Å². The van der Waals surface area contributed by atoms with E-state index in [1.54, 1.807) is 18.2 Å². The molecule has 0 aliphatic rings. The third-order valence-electron chi connectivity index (χ3n) is 3.26. The van der Waals surface area contributed by atoms with Gasteiger partial charge in [-0.05, 0) is 18.2 Å². The molecule has 126 valence electrons. The van der Waals surface area contributed by atoms with E-state index in [2.05, 4.69) is 5.32 Å². The Morgan fingerprint density at radius 1 is 1.00 bits per heavy atom. The largest absolute Gasteiger partial charge is 0.493 e. The summed E-state index contributed by atoms with van der Waals surface area (Å²) in [6.07, 6.45) is 0. The number of esters is 1. The Morgan fingerprint density at radius 3 is 2.25 bits per heavy atom. The molecule has 0 heterocycles. The van der Waals surface area contributed by atoms with Gasteiger partial charge in [0.2, 0.25) is 0 Å². The van der Waals surface area contributed by atoms with Crippen LogP contribution in [0.25, 0.3) is 0 Å². The lowest BCUT2D eigenvalue weighted by Crippen LogP contribution is -2.16. The minimum absolute atomic E-state index is 0.144. The number of ether oxygens (including phenoxy) is 3. The molecule has 2 aromatic rings. The van der Waals surface area contributed by atoms with Crippen molar-refractivity contribution >= 4 is 29.2 Å². The van der Waals surface area contributed by atoms with Crippen molar-refractivity contribution in [2.24, 2.45) is 0 Å². The molecule has 0 saturated heterocycles. The number of nitrogens with one attached hydrogen (secondary N) is 1. The van der Waals surface area contributed by atoms with Crippen LogP contribution < -0.4 is 14.8 Å². The van der Waals surface area contributed by atoms with Gasteiger partial charge in [0.05, 0.1) is 32.6 Å². The zero-order valence-electron chi connectivity index (χ0n) is 13.4. The first-order valence-electron chi connectivity index (χ1n) is 6.91. The molecule has 0 unspecified atom stereocenters. The fourth-order valence-corrected chi connectivity index (χ4v) is 2.28. The van der Waals surface area contributed by atoms with Crippen LogP contribution in [0.2, 0.25) is 5.02 Å². The molecule has 0 spiro atoms. The molecular formula is C17H16ClNO5. The molecule has 0 aliphatic heterocycles. The molecule has 0 fully saturated rings. The number of anilines is 1. The van der Waals surface area contributed by atoms with Crippen molar-refractivity contribution < 1.29 is 23.8 Å². The van der Waals surface area contributed by atoms with Gasteiger partial charge in [0, 0.05) is 22.7 Å². The normalized spacial score (nSPS) is 10.0. The Bertz CT molecular complexity index is 776. The number of amides is 1. The molecule has 0 bridgehead atoms. The molecule has 0 radical (unpaired) electrons. The van der Waals surface area contributed by atoms with Gasteiger partial charge < -0.3 is 19.5 Å². The SMILES string of the molecule is COC(=O)c1cc(OC)c(OC)cc1NC(=O)c1cccc(Cl)c1. The van der Waals surface area contributed by atoms with Crippen LogP contribution in [0.5, 0.6) is 11.5 Å². The van der Waals surface area contributed by atoms with E-state index in [0.29, 0.717) is 22.1 Å². The third kappa shape index (κ3) is 3.78. The average molecular weight is 350 g/mol. The predicted octanol–water partition coefficient (Wildman–Crippen LogP) is 3.40. The van der Waals surface area contributed by atoms with Crippen molar-refractivity contribution in [3.05, 3.63) is 52.5 Å². The highest BCUT2D eigenvalue weighted by atomic mass is 35.5. The fourth-order valence-electron chi connectivity index (χ4n) is 2.09. The first kappa shape index (κ1) is 17.6. The van der Waals surface area contributed by atoms with E-state index < -0.39 is 11.9 Å². The van der Waals surface area contributed by atoms with Crippen LogP contribution in [0, 0.1) is 0 Å². The molecule has 0 atom stereocenters.